The number of halogens is 1. The molecule has 23 heavy (non-hydrogen) atoms. The van der Waals surface area contributed by atoms with Crippen LogP contribution in [0.5, 0.6) is 5.75 Å². The molecule has 5 nitrogen and oxygen atoms in total. The van der Waals surface area contributed by atoms with E-state index in [9.17, 15) is 0 Å². The van der Waals surface area contributed by atoms with E-state index in [1.807, 2.05) is 32.3 Å². The van der Waals surface area contributed by atoms with Crippen molar-refractivity contribution in [2.75, 3.05) is 34.3 Å². The van der Waals surface area contributed by atoms with Crippen molar-refractivity contribution >= 4 is 29.9 Å². The molecule has 0 fully saturated rings. The Kier molecular flexibility index (Phi) is 11.9. The van der Waals surface area contributed by atoms with Gasteiger partial charge in [0, 0.05) is 31.7 Å². The number of hydrogen-bond acceptors (Lipinski definition) is 3. The van der Waals surface area contributed by atoms with Gasteiger partial charge in [-0.25, -0.2) is 0 Å². The molecule has 0 bridgehead atoms. The third kappa shape index (κ3) is 9.00. The summed E-state index contributed by atoms with van der Waals surface area (Å²) in [6.45, 7) is 6.57. The summed E-state index contributed by atoms with van der Waals surface area (Å²) in [6, 6.07) is 8.52. The molecule has 1 unspecified atom stereocenters. The number of ether oxygens (including phenoxy) is 1. The van der Waals surface area contributed by atoms with Gasteiger partial charge in [0.25, 0.3) is 0 Å². The molecule has 0 amide bonds. The van der Waals surface area contributed by atoms with Crippen molar-refractivity contribution in [2.45, 2.75) is 32.9 Å². The monoisotopic (exact) mass is 434 g/mol. The van der Waals surface area contributed by atoms with Crippen LogP contribution in [0, 0.1) is 0 Å². The minimum absolute atomic E-state index is 0. The van der Waals surface area contributed by atoms with E-state index in [2.05, 4.69) is 40.4 Å². The van der Waals surface area contributed by atoms with Crippen LogP contribution in [-0.4, -0.2) is 51.2 Å². The van der Waals surface area contributed by atoms with Gasteiger partial charge in [0.1, 0.15) is 12.4 Å². The number of rotatable bonds is 8. The van der Waals surface area contributed by atoms with Crippen LogP contribution in [0.2, 0.25) is 0 Å². The summed E-state index contributed by atoms with van der Waals surface area (Å²) in [4.78, 5) is 6.36. The van der Waals surface area contributed by atoms with Gasteiger partial charge in [-0.1, -0.05) is 25.1 Å². The molecule has 132 valence electrons. The molecular weight excluding hydrogens is 403 g/mol. The van der Waals surface area contributed by atoms with E-state index in [1.165, 1.54) is 0 Å². The van der Waals surface area contributed by atoms with E-state index >= 15 is 0 Å². The second kappa shape index (κ2) is 12.4. The third-order valence-corrected chi connectivity index (χ3v) is 3.43. The van der Waals surface area contributed by atoms with Crippen molar-refractivity contribution in [1.29, 1.82) is 0 Å². The lowest BCUT2D eigenvalue weighted by Crippen LogP contribution is -2.41. The van der Waals surface area contributed by atoms with E-state index in [1.54, 1.807) is 7.05 Å². The number of guanidine groups is 1. The fourth-order valence-electron chi connectivity index (χ4n) is 1.84. The van der Waals surface area contributed by atoms with Crippen LogP contribution in [0.4, 0.5) is 0 Å². The lowest BCUT2D eigenvalue weighted by atomic mass is 10.2. The highest BCUT2D eigenvalue weighted by Crippen LogP contribution is 2.17. The molecule has 0 aliphatic rings. The van der Waals surface area contributed by atoms with Crippen LogP contribution in [0.1, 0.15) is 25.8 Å². The van der Waals surface area contributed by atoms with E-state index in [0.29, 0.717) is 19.2 Å². The maximum Gasteiger partial charge on any atom is 0.191 e. The molecule has 0 saturated carbocycles. The summed E-state index contributed by atoms with van der Waals surface area (Å²) in [7, 11) is 5.87. The summed E-state index contributed by atoms with van der Waals surface area (Å²) >= 11 is 0. The molecule has 0 spiro atoms. The van der Waals surface area contributed by atoms with Gasteiger partial charge >= 0.3 is 0 Å². The Hall–Kier alpha value is -1.02. The van der Waals surface area contributed by atoms with Gasteiger partial charge in [0.15, 0.2) is 5.96 Å². The largest absolute Gasteiger partial charge is 0.492 e. The first kappa shape index (κ1) is 22.0. The molecule has 0 aliphatic heterocycles. The summed E-state index contributed by atoms with van der Waals surface area (Å²) < 4.78 is 5.87. The molecule has 0 aromatic heterocycles. The maximum atomic E-state index is 5.87. The van der Waals surface area contributed by atoms with Crippen molar-refractivity contribution < 1.29 is 4.74 Å². The van der Waals surface area contributed by atoms with Gasteiger partial charge in [-0.3, -0.25) is 4.99 Å². The SMILES string of the molecule is CCC(C)NC(=NC)NCc1ccccc1OCCN(C)C.I. The normalized spacial score (nSPS) is 12.5. The van der Waals surface area contributed by atoms with Crippen molar-refractivity contribution in [3.8, 4) is 5.75 Å². The summed E-state index contributed by atoms with van der Waals surface area (Å²) in [6.07, 6.45) is 1.06. The number of para-hydroxylation sites is 1. The Bertz CT molecular complexity index is 466. The smallest absolute Gasteiger partial charge is 0.191 e. The average Bonchev–Trinajstić information content (AvgIpc) is 2.51. The Morgan fingerprint density at radius 3 is 2.61 bits per heavy atom. The number of hydrogen-bond donors (Lipinski definition) is 2. The highest BCUT2D eigenvalue weighted by Gasteiger charge is 2.06. The molecule has 0 heterocycles. The summed E-state index contributed by atoms with van der Waals surface area (Å²) in [5, 5.41) is 6.69. The minimum Gasteiger partial charge on any atom is -0.492 e. The third-order valence-electron chi connectivity index (χ3n) is 3.43. The number of nitrogens with zero attached hydrogens (tertiary/aromatic N) is 2. The van der Waals surface area contributed by atoms with Crippen LogP contribution in [-0.2, 0) is 6.54 Å². The second-order valence-corrected chi connectivity index (χ2v) is 5.64. The minimum atomic E-state index is 0. The number of aliphatic imine (C=N–C) groups is 1. The lowest BCUT2D eigenvalue weighted by Gasteiger charge is -2.18. The molecule has 1 rings (SSSR count). The quantitative estimate of drug-likeness (QED) is 0.375. The molecule has 1 atom stereocenters. The van der Waals surface area contributed by atoms with E-state index in [4.69, 9.17) is 4.74 Å². The van der Waals surface area contributed by atoms with E-state index < -0.39 is 0 Å². The Balaban J connectivity index is 0.00000484. The van der Waals surface area contributed by atoms with Gasteiger partial charge in [-0.05, 0) is 33.5 Å². The van der Waals surface area contributed by atoms with Crippen molar-refractivity contribution in [3.63, 3.8) is 0 Å². The van der Waals surface area contributed by atoms with E-state index in [0.717, 1.165) is 30.2 Å². The first-order chi connectivity index (χ1) is 10.6. The van der Waals surface area contributed by atoms with Crippen LogP contribution in [0.15, 0.2) is 29.3 Å². The Morgan fingerprint density at radius 2 is 2.00 bits per heavy atom. The fourth-order valence-corrected chi connectivity index (χ4v) is 1.84. The first-order valence-electron chi connectivity index (χ1n) is 7.89. The Morgan fingerprint density at radius 1 is 1.30 bits per heavy atom. The average molecular weight is 434 g/mol. The topological polar surface area (TPSA) is 48.9 Å². The highest BCUT2D eigenvalue weighted by atomic mass is 127. The molecule has 0 aliphatic carbocycles. The molecule has 2 N–H and O–H groups in total. The van der Waals surface area contributed by atoms with Gasteiger partial charge in [0.2, 0.25) is 0 Å². The number of benzene rings is 1. The maximum absolute atomic E-state index is 5.87. The molecule has 1 aromatic rings. The predicted octanol–water partition coefficient (Wildman–Crippen LogP) is 2.71. The van der Waals surface area contributed by atoms with Gasteiger partial charge in [-0.2, -0.15) is 0 Å². The zero-order valence-electron chi connectivity index (χ0n) is 14.9. The fraction of sp³-hybridized carbons (Fsp3) is 0.588. The Labute approximate surface area is 157 Å². The predicted molar refractivity (Wildman–Crippen MR) is 109 cm³/mol. The zero-order chi connectivity index (χ0) is 16.4. The second-order valence-electron chi connectivity index (χ2n) is 5.64. The van der Waals surface area contributed by atoms with Gasteiger partial charge in [0.05, 0.1) is 0 Å². The van der Waals surface area contributed by atoms with Crippen LogP contribution < -0.4 is 15.4 Å². The van der Waals surface area contributed by atoms with Gasteiger partial charge in [-0.15, -0.1) is 24.0 Å². The number of likely N-dealkylation sites (N-methyl/N-ethyl adjacent to an activating group) is 1. The summed E-state index contributed by atoms with van der Waals surface area (Å²) in [5.41, 5.74) is 1.13. The van der Waals surface area contributed by atoms with Crippen LogP contribution in [0.3, 0.4) is 0 Å². The van der Waals surface area contributed by atoms with Crippen molar-refractivity contribution in [3.05, 3.63) is 29.8 Å². The number of nitrogens with one attached hydrogen (secondary N) is 2. The van der Waals surface area contributed by atoms with Gasteiger partial charge < -0.3 is 20.3 Å². The molecular formula is C17H31IN4O. The molecule has 1 aromatic carbocycles. The first-order valence-corrected chi connectivity index (χ1v) is 7.89. The zero-order valence-corrected chi connectivity index (χ0v) is 17.3. The highest BCUT2D eigenvalue weighted by molar-refractivity contribution is 14.0. The van der Waals surface area contributed by atoms with Crippen LogP contribution >= 0.6 is 24.0 Å². The molecule has 6 heteroatoms. The molecule has 0 saturated heterocycles. The van der Waals surface area contributed by atoms with Crippen LogP contribution in [0.25, 0.3) is 0 Å². The standard InChI is InChI=1S/C17H30N4O.HI/c1-6-14(2)20-17(18-3)19-13-15-9-7-8-10-16(15)22-12-11-21(4)5;/h7-10,14H,6,11-13H2,1-5H3,(H2,18,19,20);1H. The molecule has 0 radical (unpaired) electrons. The van der Waals surface area contributed by atoms with Crippen molar-refractivity contribution in [1.82, 2.24) is 15.5 Å². The van der Waals surface area contributed by atoms with E-state index in [-0.39, 0.29) is 24.0 Å². The summed E-state index contributed by atoms with van der Waals surface area (Å²) in [5.74, 6) is 1.74. The lowest BCUT2D eigenvalue weighted by molar-refractivity contribution is 0.259. The van der Waals surface area contributed by atoms with Crippen molar-refractivity contribution in [2.24, 2.45) is 4.99 Å².